The largest absolute Gasteiger partial charge is 0.390 e. The van der Waals surface area contributed by atoms with Crippen molar-refractivity contribution in [3.63, 3.8) is 0 Å². The summed E-state index contributed by atoms with van der Waals surface area (Å²) in [6.07, 6.45) is 13.9. The molecule has 1 aliphatic heterocycles. The SMILES string of the molecule is CCCCCC1=C(CCCCC)NOC=C1. The number of nitrogens with one attached hydrogen (secondary N) is 1. The standard InChI is InChI=1S/C14H25NO/c1-3-5-7-9-13-11-12-16-15-14(13)10-8-6-4-2/h11-12,15H,3-10H2,1-2H3. The Hall–Kier alpha value is -0.920. The first-order valence-corrected chi connectivity index (χ1v) is 6.68. The molecule has 0 aliphatic carbocycles. The van der Waals surface area contributed by atoms with Gasteiger partial charge in [-0.2, -0.15) is 0 Å². The number of hydrogen-bond donors (Lipinski definition) is 1. The number of unbranched alkanes of at least 4 members (excludes halogenated alkanes) is 4. The van der Waals surface area contributed by atoms with E-state index in [1.165, 1.54) is 56.2 Å². The molecule has 2 heteroatoms. The molecule has 16 heavy (non-hydrogen) atoms. The Morgan fingerprint density at radius 2 is 1.69 bits per heavy atom. The quantitative estimate of drug-likeness (QED) is 0.614. The van der Waals surface area contributed by atoms with Crippen LogP contribution in [0, 0.1) is 0 Å². The Morgan fingerprint density at radius 3 is 2.38 bits per heavy atom. The molecule has 0 aromatic rings. The van der Waals surface area contributed by atoms with Crippen LogP contribution in [0.5, 0.6) is 0 Å². The maximum absolute atomic E-state index is 5.16. The fraction of sp³-hybridized carbons (Fsp3) is 0.714. The first-order valence-electron chi connectivity index (χ1n) is 6.68. The predicted octanol–water partition coefficient (Wildman–Crippen LogP) is 4.45. The van der Waals surface area contributed by atoms with Crippen molar-refractivity contribution in [2.75, 3.05) is 0 Å². The zero-order valence-electron chi connectivity index (χ0n) is 10.7. The van der Waals surface area contributed by atoms with Gasteiger partial charge in [0.2, 0.25) is 0 Å². The minimum atomic E-state index is 1.12. The first kappa shape index (κ1) is 13.1. The molecule has 0 radical (unpaired) electrons. The summed E-state index contributed by atoms with van der Waals surface area (Å²) >= 11 is 0. The minimum absolute atomic E-state index is 1.12. The Morgan fingerprint density at radius 1 is 1.00 bits per heavy atom. The molecular weight excluding hydrogens is 198 g/mol. The highest BCUT2D eigenvalue weighted by Crippen LogP contribution is 2.20. The van der Waals surface area contributed by atoms with E-state index in [4.69, 9.17) is 4.84 Å². The summed E-state index contributed by atoms with van der Waals surface area (Å²) in [5.74, 6) is 0. The van der Waals surface area contributed by atoms with Gasteiger partial charge in [0.15, 0.2) is 0 Å². The molecule has 0 bridgehead atoms. The average molecular weight is 223 g/mol. The zero-order valence-corrected chi connectivity index (χ0v) is 10.7. The van der Waals surface area contributed by atoms with Crippen LogP contribution in [-0.4, -0.2) is 0 Å². The van der Waals surface area contributed by atoms with E-state index in [1.807, 2.05) is 0 Å². The maximum Gasteiger partial charge on any atom is 0.119 e. The van der Waals surface area contributed by atoms with Crippen LogP contribution in [0.4, 0.5) is 0 Å². The van der Waals surface area contributed by atoms with Gasteiger partial charge in [0.25, 0.3) is 0 Å². The van der Waals surface area contributed by atoms with E-state index < -0.39 is 0 Å². The third-order valence-corrected chi connectivity index (χ3v) is 2.99. The van der Waals surface area contributed by atoms with E-state index in [0.717, 1.165) is 6.42 Å². The van der Waals surface area contributed by atoms with Crippen molar-refractivity contribution in [3.8, 4) is 0 Å². The van der Waals surface area contributed by atoms with E-state index >= 15 is 0 Å². The van der Waals surface area contributed by atoms with Crippen molar-refractivity contribution in [3.05, 3.63) is 23.6 Å². The van der Waals surface area contributed by atoms with Gasteiger partial charge in [-0.15, -0.1) is 0 Å². The highest BCUT2D eigenvalue weighted by atomic mass is 16.6. The normalized spacial score (nSPS) is 14.9. The highest BCUT2D eigenvalue weighted by molar-refractivity contribution is 5.25. The van der Waals surface area contributed by atoms with Crippen LogP contribution in [0.1, 0.15) is 65.2 Å². The van der Waals surface area contributed by atoms with E-state index in [9.17, 15) is 0 Å². The molecule has 0 amide bonds. The molecule has 1 aliphatic rings. The fourth-order valence-corrected chi connectivity index (χ4v) is 1.95. The zero-order chi connectivity index (χ0) is 11.6. The lowest BCUT2D eigenvalue weighted by Crippen LogP contribution is -2.16. The second kappa shape index (κ2) is 8.26. The van der Waals surface area contributed by atoms with Crippen molar-refractivity contribution in [2.45, 2.75) is 65.2 Å². The molecule has 1 rings (SSSR count). The maximum atomic E-state index is 5.16. The topological polar surface area (TPSA) is 21.3 Å². The van der Waals surface area contributed by atoms with Gasteiger partial charge >= 0.3 is 0 Å². The Bertz CT molecular complexity index is 243. The number of rotatable bonds is 8. The van der Waals surface area contributed by atoms with Crippen LogP contribution in [-0.2, 0) is 4.84 Å². The van der Waals surface area contributed by atoms with Crippen LogP contribution in [0.15, 0.2) is 23.6 Å². The Balaban J connectivity index is 2.40. The van der Waals surface area contributed by atoms with Gasteiger partial charge in [-0.1, -0.05) is 39.5 Å². The van der Waals surface area contributed by atoms with Gasteiger partial charge in [-0.05, 0) is 37.3 Å². The van der Waals surface area contributed by atoms with Crippen molar-refractivity contribution < 1.29 is 4.84 Å². The van der Waals surface area contributed by atoms with Crippen LogP contribution >= 0.6 is 0 Å². The Kier molecular flexibility index (Phi) is 6.78. The number of hydrogen-bond acceptors (Lipinski definition) is 2. The molecule has 1 N–H and O–H groups in total. The second-order valence-electron chi connectivity index (χ2n) is 4.44. The van der Waals surface area contributed by atoms with E-state index in [1.54, 1.807) is 6.26 Å². The van der Waals surface area contributed by atoms with Gasteiger partial charge in [0.1, 0.15) is 6.26 Å². The molecular formula is C14H25NO. The van der Waals surface area contributed by atoms with Gasteiger partial charge in [-0.25, -0.2) is 5.48 Å². The molecule has 0 aromatic heterocycles. The van der Waals surface area contributed by atoms with Crippen LogP contribution in [0.3, 0.4) is 0 Å². The van der Waals surface area contributed by atoms with Crippen LogP contribution < -0.4 is 5.48 Å². The summed E-state index contributed by atoms with van der Waals surface area (Å²) in [4.78, 5) is 5.16. The average Bonchev–Trinajstić information content (AvgIpc) is 2.32. The second-order valence-corrected chi connectivity index (χ2v) is 4.44. The first-order chi connectivity index (χ1) is 7.88. The molecule has 0 fully saturated rings. The molecule has 0 atom stereocenters. The van der Waals surface area contributed by atoms with Gasteiger partial charge < -0.3 is 4.84 Å². The van der Waals surface area contributed by atoms with Crippen molar-refractivity contribution in [1.29, 1.82) is 0 Å². The summed E-state index contributed by atoms with van der Waals surface area (Å²) in [7, 11) is 0. The lowest BCUT2D eigenvalue weighted by Gasteiger charge is -2.18. The van der Waals surface area contributed by atoms with Gasteiger partial charge in [0.05, 0.1) is 5.70 Å². The third-order valence-electron chi connectivity index (χ3n) is 2.99. The van der Waals surface area contributed by atoms with Gasteiger partial charge in [-0.3, -0.25) is 0 Å². The van der Waals surface area contributed by atoms with Crippen molar-refractivity contribution in [1.82, 2.24) is 5.48 Å². The monoisotopic (exact) mass is 223 g/mol. The minimum Gasteiger partial charge on any atom is -0.390 e. The van der Waals surface area contributed by atoms with Crippen molar-refractivity contribution in [2.24, 2.45) is 0 Å². The summed E-state index contributed by atoms with van der Waals surface area (Å²) in [5.41, 5.74) is 5.79. The summed E-state index contributed by atoms with van der Waals surface area (Å²) in [6.45, 7) is 4.48. The molecule has 0 aromatic carbocycles. The molecule has 0 unspecified atom stereocenters. The summed E-state index contributed by atoms with van der Waals surface area (Å²) in [5, 5.41) is 0. The molecule has 2 nitrogen and oxygen atoms in total. The molecule has 1 heterocycles. The fourth-order valence-electron chi connectivity index (χ4n) is 1.95. The van der Waals surface area contributed by atoms with E-state index in [2.05, 4.69) is 25.4 Å². The lowest BCUT2D eigenvalue weighted by molar-refractivity contribution is 0.153. The van der Waals surface area contributed by atoms with Gasteiger partial charge in [0, 0.05) is 0 Å². The van der Waals surface area contributed by atoms with Crippen LogP contribution in [0.25, 0.3) is 0 Å². The smallest absolute Gasteiger partial charge is 0.119 e. The van der Waals surface area contributed by atoms with Crippen molar-refractivity contribution >= 4 is 0 Å². The number of hydroxylamine groups is 1. The molecule has 0 saturated carbocycles. The molecule has 0 saturated heterocycles. The Labute approximate surface area is 99.7 Å². The summed E-state index contributed by atoms with van der Waals surface area (Å²) < 4.78 is 0. The summed E-state index contributed by atoms with van der Waals surface area (Å²) in [6, 6.07) is 0. The molecule has 92 valence electrons. The van der Waals surface area contributed by atoms with Crippen LogP contribution in [0.2, 0.25) is 0 Å². The van der Waals surface area contributed by atoms with E-state index in [0.29, 0.717) is 0 Å². The molecule has 0 spiro atoms. The predicted molar refractivity (Wildman–Crippen MR) is 68.7 cm³/mol. The lowest BCUT2D eigenvalue weighted by atomic mass is 10.0. The highest BCUT2D eigenvalue weighted by Gasteiger charge is 2.08. The third kappa shape index (κ3) is 4.73. The van der Waals surface area contributed by atoms with E-state index in [-0.39, 0.29) is 0 Å². The number of allylic oxidation sites excluding steroid dienone is 3.